The molecule has 3 aromatic rings. The lowest BCUT2D eigenvalue weighted by Gasteiger charge is -2.32. The van der Waals surface area contributed by atoms with Gasteiger partial charge in [-0.05, 0) is 38.5 Å². The van der Waals surface area contributed by atoms with Crippen molar-refractivity contribution in [3.8, 4) is 0 Å². The number of hydrogen-bond acceptors (Lipinski definition) is 5. The second kappa shape index (κ2) is 7.08. The quantitative estimate of drug-likeness (QED) is 0.727. The fourth-order valence-electron chi connectivity index (χ4n) is 3.03. The molecule has 1 aliphatic heterocycles. The molecule has 1 aliphatic rings. The van der Waals surface area contributed by atoms with Crippen molar-refractivity contribution < 1.29 is 4.79 Å². The van der Waals surface area contributed by atoms with Crippen molar-refractivity contribution in [1.82, 2.24) is 14.9 Å². The molecule has 2 atom stereocenters. The fraction of sp³-hybridized carbons (Fsp3) is 0.250. The fourth-order valence-corrected chi connectivity index (χ4v) is 4.16. The highest BCUT2D eigenvalue weighted by atomic mass is 32.2. The largest absolute Gasteiger partial charge is 0.325 e. The molecule has 1 aromatic heterocycles. The van der Waals surface area contributed by atoms with Crippen LogP contribution in [0.15, 0.2) is 53.7 Å². The lowest BCUT2D eigenvalue weighted by molar-refractivity contribution is -0.116. The van der Waals surface area contributed by atoms with Gasteiger partial charge in [0.05, 0.1) is 6.04 Å². The van der Waals surface area contributed by atoms with Crippen LogP contribution < -0.4 is 10.7 Å². The number of thioether (sulfide) groups is 1. The van der Waals surface area contributed by atoms with Gasteiger partial charge in [0.25, 0.3) is 0 Å². The summed E-state index contributed by atoms with van der Waals surface area (Å²) in [6.07, 6.45) is 0. The van der Waals surface area contributed by atoms with Crippen molar-refractivity contribution in [1.29, 1.82) is 0 Å². The molecule has 4 rings (SSSR count). The van der Waals surface area contributed by atoms with Gasteiger partial charge in [0, 0.05) is 5.69 Å². The summed E-state index contributed by atoms with van der Waals surface area (Å²) in [5, 5.41) is 11.7. The normalized spacial score (nSPS) is 18.5. The van der Waals surface area contributed by atoms with Crippen molar-refractivity contribution in [2.24, 2.45) is 0 Å². The zero-order chi connectivity index (χ0) is 19.0. The van der Waals surface area contributed by atoms with E-state index in [9.17, 15) is 4.79 Å². The maximum atomic E-state index is 13.1. The highest BCUT2D eigenvalue weighted by Crippen LogP contribution is 2.37. The van der Waals surface area contributed by atoms with Gasteiger partial charge < -0.3 is 10.7 Å². The van der Waals surface area contributed by atoms with Gasteiger partial charge in [-0.2, -0.15) is 0 Å². The van der Waals surface area contributed by atoms with Crippen LogP contribution in [0.1, 0.15) is 28.6 Å². The highest BCUT2D eigenvalue weighted by Gasteiger charge is 2.37. The Labute approximate surface area is 162 Å². The number of carbonyl (C=O) groups excluding carboxylic acids is 1. The number of nitrogens with zero attached hydrogens (tertiary/aromatic N) is 3. The van der Waals surface area contributed by atoms with Crippen molar-refractivity contribution in [3.05, 3.63) is 71.0 Å². The van der Waals surface area contributed by atoms with E-state index in [2.05, 4.69) is 52.1 Å². The summed E-state index contributed by atoms with van der Waals surface area (Å²) in [4.78, 5) is 13.1. The van der Waals surface area contributed by atoms with Gasteiger partial charge in [-0.25, -0.2) is 4.68 Å². The molecule has 138 valence electrons. The second-order valence-corrected chi connectivity index (χ2v) is 7.89. The van der Waals surface area contributed by atoms with E-state index < -0.39 is 0 Å². The Morgan fingerprint density at radius 1 is 1.00 bits per heavy atom. The van der Waals surface area contributed by atoms with Gasteiger partial charge in [0.15, 0.2) is 0 Å². The summed E-state index contributed by atoms with van der Waals surface area (Å²) in [5.74, 6) is 0.709. The summed E-state index contributed by atoms with van der Waals surface area (Å²) in [5.41, 5.74) is 7.60. The monoisotopic (exact) mass is 379 g/mol. The number of hydrogen-bond donors (Lipinski definition) is 2. The Balaban J connectivity index is 1.65. The van der Waals surface area contributed by atoms with Gasteiger partial charge in [-0.3, -0.25) is 4.79 Å². The minimum atomic E-state index is -0.370. The van der Waals surface area contributed by atoms with Crippen molar-refractivity contribution in [3.63, 3.8) is 0 Å². The zero-order valence-electron chi connectivity index (χ0n) is 15.4. The number of aromatic nitrogens is 3. The summed E-state index contributed by atoms with van der Waals surface area (Å²) in [7, 11) is 0. The van der Waals surface area contributed by atoms with E-state index in [0.29, 0.717) is 5.16 Å². The van der Waals surface area contributed by atoms with E-state index in [0.717, 1.165) is 22.6 Å². The SMILES string of the molecule is Cc1ccc(NC(=O)[C@H]2Sc3nnc(C)n3N[C@H]2c2ccc(C)cc2)cc1. The van der Waals surface area contributed by atoms with E-state index >= 15 is 0 Å². The van der Waals surface area contributed by atoms with Crippen LogP contribution in [0.4, 0.5) is 5.69 Å². The van der Waals surface area contributed by atoms with Crippen molar-refractivity contribution >= 4 is 23.4 Å². The highest BCUT2D eigenvalue weighted by molar-refractivity contribution is 8.00. The number of carbonyl (C=O) groups is 1. The van der Waals surface area contributed by atoms with E-state index in [1.807, 2.05) is 42.8 Å². The lowest BCUT2D eigenvalue weighted by Crippen LogP contribution is -2.41. The maximum absolute atomic E-state index is 13.1. The minimum Gasteiger partial charge on any atom is -0.325 e. The molecule has 0 bridgehead atoms. The van der Waals surface area contributed by atoms with Gasteiger partial charge in [-0.1, -0.05) is 59.3 Å². The van der Waals surface area contributed by atoms with Gasteiger partial charge in [-0.15, -0.1) is 10.2 Å². The van der Waals surface area contributed by atoms with E-state index in [1.54, 1.807) is 0 Å². The van der Waals surface area contributed by atoms with Crippen LogP contribution in [0, 0.1) is 20.8 Å². The summed E-state index contributed by atoms with van der Waals surface area (Å²) in [6.45, 7) is 5.97. The van der Waals surface area contributed by atoms with Crippen molar-refractivity contribution in [2.75, 3.05) is 10.7 Å². The van der Waals surface area contributed by atoms with Gasteiger partial charge in [0.2, 0.25) is 11.1 Å². The van der Waals surface area contributed by atoms with Crippen LogP contribution in [-0.4, -0.2) is 26.0 Å². The number of nitrogens with one attached hydrogen (secondary N) is 2. The molecule has 0 unspecified atom stereocenters. The van der Waals surface area contributed by atoms with Crippen LogP contribution in [0.5, 0.6) is 0 Å². The number of rotatable bonds is 3. The van der Waals surface area contributed by atoms with Gasteiger partial charge >= 0.3 is 0 Å². The Kier molecular flexibility index (Phi) is 4.61. The molecule has 1 amide bonds. The Morgan fingerprint density at radius 3 is 2.30 bits per heavy atom. The number of fused-ring (bicyclic) bond motifs is 1. The topological polar surface area (TPSA) is 71.8 Å². The average molecular weight is 379 g/mol. The molecule has 27 heavy (non-hydrogen) atoms. The Morgan fingerprint density at radius 2 is 1.63 bits per heavy atom. The summed E-state index contributed by atoms with van der Waals surface area (Å²) < 4.78 is 1.85. The number of amides is 1. The molecule has 2 aromatic carbocycles. The van der Waals surface area contributed by atoms with Crippen LogP contribution >= 0.6 is 11.8 Å². The molecular weight excluding hydrogens is 358 g/mol. The molecule has 0 fully saturated rings. The van der Waals surface area contributed by atoms with Crippen LogP contribution in [0.25, 0.3) is 0 Å². The Hall–Kier alpha value is -2.80. The minimum absolute atomic E-state index is 0.0613. The molecule has 6 nitrogen and oxygen atoms in total. The first-order valence-corrected chi connectivity index (χ1v) is 9.68. The van der Waals surface area contributed by atoms with Crippen molar-refractivity contribution in [2.45, 2.75) is 37.2 Å². The van der Waals surface area contributed by atoms with Crippen LogP contribution in [0.3, 0.4) is 0 Å². The smallest absolute Gasteiger partial charge is 0.240 e. The third kappa shape index (κ3) is 3.55. The number of aryl methyl sites for hydroxylation is 3. The number of anilines is 1. The second-order valence-electron chi connectivity index (χ2n) is 6.78. The first-order valence-electron chi connectivity index (χ1n) is 8.80. The third-order valence-electron chi connectivity index (χ3n) is 4.61. The standard InChI is InChI=1S/C20H21N5OS/c1-12-4-8-15(9-5-12)17-18(27-20-23-22-14(3)25(20)24-17)19(26)21-16-10-6-13(2)7-11-16/h4-11,17-18,24H,1-3H3,(H,21,26)/t17-,18-/m0/s1. The first kappa shape index (κ1) is 17.6. The molecule has 0 spiro atoms. The predicted octanol–water partition coefficient (Wildman–Crippen LogP) is 3.60. The van der Waals surface area contributed by atoms with E-state index in [-0.39, 0.29) is 17.2 Å². The molecule has 2 N–H and O–H groups in total. The molecule has 0 saturated carbocycles. The lowest BCUT2D eigenvalue weighted by atomic mass is 10.0. The molecule has 0 aliphatic carbocycles. The summed E-state index contributed by atoms with van der Waals surface area (Å²) >= 11 is 1.43. The molecular formula is C20H21N5OS. The average Bonchev–Trinajstić information content (AvgIpc) is 3.03. The van der Waals surface area contributed by atoms with E-state index in [1.165, 1.54) is 17.3 Å². The zero-order valence-corrected chi connectivity index (χ0v) is 16.2. The Bertz CT molecular complexity index is 965. The van der Waals surface area contributed by atoms with Gasteiger partial charge in [0.1, 0.15) is 11.1 Å². The first-order chi connectivity index (χ1) is 13.0. The molecule has 7 heteroatoms. The number of benzene rings is 2. The van der Waals surface area contributed by atoms with E-state index in [4.69, 9.17) is 0 Å². The molecule has 0 radical (unpaired) electrons. The predicted molar refractivity (Wildman–Crippen MR) is 107 cm³/mol. The third-order valence-corrected chi connectivity index (χ3v) is 5.83. The summed E-state index contributed by atoms with van der Waals surface area (Å²) in [6, 6.07) is 15.9. The molecule has 0 saturated heterocycles. The maximum Gasteiger partial charge on any atom is 0.240 e. The van der Waals surface area contributed by atoms with Crippen LogP contribution in [-0.2, 0) is 4.79 Å². The van der Waals surface area contributed by atoms with Crippen LogP contribution in [0.2, 0.25) is 0 Å². The molecule has 2 heterocycles.